The lowest BCUT2D eigenvalue weighted by atomic mass is 9.88. The minimum absolute atomic E-state index is 0.236. The number of hydrogen-bond acceptors (Lipinski definition) is 6. The summed E-state index contributed by atoms with van der Waals surface area (Å²) in [6.07, 6.45) is 7.38. The molecule has 0 N–H and O–H groups in total. The maximum atomic E-state index is 12.9. The van der Waals surface area contributed by atoms with E-state index in [1.54, 1.807) is 6.33 Å². The number of anilines is 1. The zero-order chi connectivity index (χ0) is 20.5. The molecule has 0 atom stereocenters. The van der Waals surface area contributed by atoms with E-state index in [1.807, 2.05) is 24.3 Å². The maximum absolute atomic E-state index is 12.9. The summed E-state index contributed by atoms with van der Waals surface area (Å²) in [5.41, 5.74) is 2.73. The van der Waals surface area contributed by atoms with Gasteiger partial charge in [0.15, 0.2) is 5.82 Å². The van der Waals surface area contributed by atoms with E-state index in [4.69, 9.17) is 11.6 Å². The molecule has 0 bridgehead atoms. The van der Waals surface area contributed by atoms with E-state index in [0.29, 0.717) is 10.9 Å². The normalized spacial score (nSPS) is 18.2. The number of amides is 1. The molecule has 3 aromatic rings. The number of fused-ring (bicyclic) bond motifs is 1. The van der Waals surface area contributed by atoms with Gasteiger partial charge in [-0.2, -0.15) is 4.37 Å². The molecule has 1 aliphatic heterocycles. The van der Waals surface area contributed by atoms with Crippen LogP contribution in [0, 0.1) is 5.92 Å². The third kappa shape index (κ3) is 3.76. The number of aromatic nitrogens is 3. The van der Waals surface area contributed by atoms with Crippen molar-refractivity contribution < 1.29 is 4.79 Å². The van der Waals surface area contributed by atoms with Crippen molar-refractivity contribution in [2.75, 3.05) is 31.1 Å². The monoisotopic (exact) mass is 441 g/mol. The first-order chi connectivity index (χ1) is 14.7. The molecule has 0 unspecified atom stereocenters. The summed E-state index contributed by atoms with van der Waals surface area (Å²) in [6.45, 7) is 3.09. The van der Waals surface area contributed by atoms with Crippen molar-refractivity contribution in [2.24, 2.45) is 5.92 Å². The SMILES string of the molecule is O=C(C1CCCCC1)N1CCN(c2ncnc3c(-c4ccc(Cl)cc4)nsc23)CC1. The van der Waals surface area contributed by atoms with E-state index in [9.17, 15) is 4.79 Å². The molecule has 5 rings (SSSR count). The van der Waals surface area contributed by atoms with Crippen LogP contribution in [0.5, 0.6) is 0 Å². The van der Waals surface area contributed by atoms with Gasteiger partial charge < -0.3 is 9.80 Å². The van der Waals surface area contributed by atoms with E-state index in [0.717, 1.165) is 66.3 Å². The fourth-order valence-electron chi connectivity index (χ4n) is 4.52. The van der Waals surface area contributed by atoms with Crippen molar-refractivity contribution >= 4 is 45.1 Å². The van der Waals surface area contributed by atoms with Crippen LogP contribution in [0.4, 0.5) is 5.82 Å². The summed E-state index contributed by atoms with van der Waals surface area (Å²) in [5, 5.41) is 0.703. The van der Waals surface area contributed by atoms with Crippen LogP contribution in [0.1, 0.15) is 32.1 Å². The lowest BCUT2D eigenvalue weighted by Crippen LogP contribution is -2.50. The van der Waals surface area contributed by atoms with Crippen LogP contribution in [0.2, 0.25) is 5.02 Å². The Kier molecular flexibility index (Phi) is 5.56. The quantitative estimate of drug-likeness (QED) is 0.592. The van der Waals surface area contributed by atoms with Gasteiger partial charge in [0.2, 0.25) is 5.91 Å². The third-order valence-corrected chi connectivity index (χ3v) is 7.28. The summed E-state index contributed by atoms with van der Waals surface area (Å²) < 4.78 is 5.65. The van der Waals surface area contributed by atoms with E-state index in [-0.39, 0.29) is 5.92 Å². The fourth-order valence-corrected chi connectivity index (χ4v) is 5.52. The highest BCUT2D eigenvalue weighted by Crippen LogP contribution is 2.35. The van der Waals surface area contributed by atoms with Crippen molar-refractivity contribution in [1.82, 2.24) is 19.2 Å². The van der Waals surface area contributed by atoms with Gasteiger partial charge in [0.05, 0.1) is 0 Å². The molecule has 0 spiro atoms. The summed E-state index contributed by atoms with van der Waals surface area (Å²) in [5.74, 6) is 1.51. The van der Waals surface area contributed by atoms with Gasteiger partial charge in [0.25, 0.3) is 0 Å². The van der Waals surface area contributed by atoms with Gasteiger partial charge in [0, 0.05) is 42.7 Å². The molecule has 6 nitrogen and oxygen atoms in total. The lowest BCUT2D eigenvalue weighted by Gasteiger charge is -2.37. The third-order valence-electron chi connectivity index (χ3n) is 6.20. The fraction of sp³-hybridized carbons (Fsp3) is 0.455. The largest absolute Gasteiger partial charge is 0.352 e. The number of carbonyl (C=O) groups excluding carboxylic acids is 1. The molecule has 1 saturated heterocycles. The van der Waals surface area contributed by atoms with Crippen molar-refractivity contribution in [1.29, 1.82) is 0 Å². The van der Waals surface area contributed by atoms with Crippen LogP contribution in [-0.4, -0.2) is 51.3 Å². The summed E-state index contributed by atoms with van der Waals surface area (Å²) in [7, 11) is 0. The molecule has 2 fully saturated rings. The predicted octanol–water partition coefficient (Wildman–Crippen LogP) is 4.64. The van der Waals surface area contributed by atoms with Gasteiger partial charge in [-0.1, -0.05) is 43.0 Å². The highest BCUT2D eigenvalue weighted by Gasteiger charge is 2.29. The van der Waals surface area contributed by atoms with Crippen LogP contribution in [-0.2, 0) is 4.79 Å². The number of halogens is 1. The topological polar surface area (TPSA) is 62.2 Å². The number of hydrogen-bond donors (Lipinski definition) is 0. The summed E-state index contributed by atoms with van der Waals surface area (Å²) in [6, 6.07) is 7.67. The zero-order valence-electron chi connectivity index (χ0n) is 16.8. The molecule has 30 heavy (non-hydrogen) atoms. The van der Waals surface area contributed by atoms with Crippen LogP contribution in [0.15, 0.2) is 30.6 Å². The highest BCUT2D eigenvalue weighted by atomic mass is 35.5. The summed E-state index contributed by atoms with van der Waals surface area (Å²) >= 11 is 7.46. The van der Waals surface area contributed by atoms with E-state index in [2.05, 4.69) is 24.1 Å². The molecule has 156 valence electrons. The Balaban J connectivity index is 1.33. The Labute approximate surface area is 185 Å². The van der Waals surface area contributed by atoms with Gasteiger partial charge in [0.1, 0.15) is 22.2 Å². The molecule has 0 radical (unpaired) electrons. The minimum Gasteiger partial charge on any atom is -0.352 e. The van der Waals surface area contributed by atoms with Gasteiger partial charge in [-0.05, 0) is 36.5 Å². The molecular weight excluding hydrogens is 418 g/mol. The molecule has 3 heterocycles. The van der Waals surface area contributed by atoms with Gasteiger partial charge >= 0.3 is 0 Å². The molecule has 8 heteroatoms. The highest BCUT2D eigenvalue weighted by molar-refractivity contribution is 7.14. The Morgan fingerprint density at radius 3 is 2.47 bits per heavy atom. The van der Waals surface area contributed by atoms with Crippen molar-refractivity contribution in [3.63, 3.8) is 0 Å². The Bertz CT molecular complexity index is 1040. The molecular formula is C22H24ClN5OS. The number of piperazine rings is 1. The first-order valence-corrected chi connectivity index (χ1v) is 11.8. The minimum atomic E-state index is 0.236. The second-order valence-electron chi connectivity index (χ2n) is 8.06. The Morgan fingerprint density at radius 1 is 1.00 bits per heavy atom. The van der Waals surface area contributed by atoms with Crippen molar-refractivity contribution in [2.45, 2.75) is 32.1 Å². The zero-order valence-corrected chi connectivity index (χ0v) is 18.3. The van der Waals surface area contributed by atoms with Gasteiger partial charge in [-0.15, -0.1) is 0 Å². The van der Waals surface area contributed by atoms with Crippen LogP contribution >= 0.6 is 23.1 Å². The van der Waals surface area contributed by atoms with Gasteiger partial charge in [-0.25, -0.2) is 9.97 Å². The van der Waals surface area contributed by atoms with E-state index in [1.165, 1.54) is 30.8 Å². The van der Waals surface area contributed by atoms with Crippen molar-refractivity contribution in [3.8, 4) is 11.3 Å². The maximum Gasteiger partial charge on any atom is 0.225 e. The number of nitrogens with zero attached hydrogens (tertiary/aromatic N) is 5. The molecule has 1 amide bonds. The van der Waals surface area contributed by atoms with Crippen LogP contribution < -0.4 is 4.90 Å². The standard InChI is InChI=1S/C22H24ClN5OS/c23-17-8-6-15(7-9-17)18-19-20(30-26-18)21(25-14-24-19)27-10-12-28(13-11-27)22(29)16-4-2-1-3-5-16/h6-9,14,16H,1-5,10-13H2. The number of carbonyl (C=O) groups is 1. The predicted molar refractivity (Wildman–Crippen MR) is 121 cm³/mol. The Hall–Kier alpha value is -2.25. The Morgan fingerprint density at radius 2 is 1.73 bits per heavy atom. The van der Waals surface area contributed by atoms with E-state index < -0.39 is 0 Å². The van der Waals surface area contributed by atoms with Crippen molar-refractivity contribution in [3.05, 3.63) is 35.6 Å². The molecule has 2 aliphatic rings. The first-order valence-electron chi connectivity index (χ1n) is 10.6. The summed E-state index contributed by atoms with van der Waals surface area (Å²) in [4.78, 5) is 26.3. The molecule has 1 saturated carbocycles. The average molecular weight is 442 g/mol. The average Bonchev–Trinajstić information content (AvgIpc) is 3.24. The lowest BCUT2D eigenvalue weighted by molar-refractivity contribution is -0.136. The first kappa shape index (κ1) is 19.7. The number of rotatable bonds is 3. The molecule has 1 aliphatic carbocycles. The second kappa shape index (κ2) is 8.47. The van der Waals surface area contributed by atoms with Crippen LogP contribution in [0.25, 0.3) is 21.5 Å². The smallest absolute Gasteiger partial charge is 0.225 e. The molecule has 2 aromatic heterocycles. The van der Waals surface area contributed by atoms with E-state index >= 15 is 0 Å². The second-order valence-corrected chi connectivity index (χ2v) is 9.27. The van der Waals surface area contributed by atoms with Crippen LogP contribution in [0.3, 0.4) is 0 Å². The number of benzene rings is 1. The van der Waals surface area contributed by atoms with Gasteiger partial charge in [-0.3, -0.25) is 4.79 Å². The molecule has 1 aromatic carbocycles.